The van der Waals surface area contributed by atoms with E-state index in [0.717, 1.165) is 29.7 Å². The Morgan fingerprint density at radius 1 is 1.00 bits per heavy atom. The molecule has 0 N–H and O–H groups in total. The van der Waals surface area contributed by atoms with Crippen molar-refractivity contribution in [1.82, 2.24) is 0 Å². The fraction of sp³-hybridized carbons (Fsp3) is 0.278. The summed E-state index contributed by atoms with van der Waals surface area (Å²) in [5.74, 6) is -1.75. The summed E-state index contributed by atoms with van der Waals surface area (Å²) < 4.78 is 51.8. The van der Waals surface area contributed by atoms with Crippen LogP contribution < -0.4 is 0 Å². The summed E-state index contributed by atoms with van der Waals surface area (Å²) in [5, 5.41) is 0. The Bertz CT molecular complexity index is 732. The molecule has 0 heterocycles. The van der Waals surface area contributed by atoms with Gasteiger partial charge < -0.3 is 0 Å². The number of aryl methyl sites for hydroxylation is 1. The lowest BCUT2D eigenvalue weighted by Gasteiger charge is -2.13. The average Bonchev–Trinajstić information content (AvgIpc) is 2.52. The second kappa shape index (κ2) is 6.52. The Hall–Kier alpha value is -2.17. The van der Waals surface area contributed by atoms with Gasteiger partial charge in [-0.2, -0.15) is 13.2 Å². The van der Waals surface area contributed by atoms with Crippen LogP contribution in [0.4, 0.5) is 17.6 Å². The lowest BCUT2D eigenvalue weighted by molar-refractivity contribution is -0.137. The summed E-state index contributed by atoms with van der Waals surface area (Å²) in [6, 6.07) is 7.16. The van der Waals surface area contributed by atoms with Crippen LogP contribution in [-0.2, 0) is 19.0 Å². The second-order valence-corrected chi connectivity index (χ2v) is 5.17. The molecule has 0 fully saturated rings. The Morgan fingerprint density at radius 2 is 1.70 bits per heavy atom. The third kappa shape index (κ3) is 3.44. The number of rotatable bonds is 4. The number of hydrogen-bond acceptors (Lipinski definition) is 1. The molecule has 2 aromatic rings. The van der Waals surface area contributed by atoms with E-state index in [1.807, 2.05) is 19.9 Å². The Labute approximate surface area is 132 Å². The van der Waals surface area contributed by atoms with Gasteiger partial charge in [-0.3, -0.25) is 4.79 Å². The molecule has 0 radical (unpaired) electrons. The highest BCUT2D eigenvalue weighted by Crippen LogP contribution is 2.31. The molecular weight excluding hydrogens is 308 g/mol. The first-order chi connectivity index (χ1) is 10.8. The van der Waals surface area contributed by atoms with Crippen LogP contribution in [-0.4, -0.2) is 5.78 Å². The molecule has 0 bridgehead atoms. The fourth-order valence-corrected chi connectivity index (χ4v) is 2.62. The van der Waals surface area contributed by atoms with Crippen LogP contribution in [0.25, 0.3) is 0 Å². The molecule has 0 aliphatic carbocycles. The SMILES string of the molecule is CCc1cccc(C(=O)c2ccc(C(F)(F)F)cc2F)c1CC. The van der Waals surface area contributed by atoms with Crippen LogP contribution in [0, 0.1) is 5.82 Å². The smallest absolute Gasteiger partial charge is 0.288 e. The van der Waals surface area contributed by atoms with Crippen molar-refractivity contribution in [3.8, 4) is 0 Å². The third-order valence-corrected chi connectivity index (χ3v) is 3.79. The zero-order chi connectivity index (χ0) is 17.2. The van der Waals surface area contributed by atoms with E-state index in [-0.39, 0.29) is 5.56 Å². The van der Waals surface area contributed by atoms with E-state index in [1.54, 1.807) is 12.1 Å². The van der Waals surface area contributed by atoms with E-state index in [0.29, 0.717) is 18.1 Å². The van der Waals surface area contributed by atoms with Gasteiger partial charge in [-0.05, 0) is 42.2 Å². The highest BCUT2D eigenvalue weighted by molar-refractivity contribution is 6.10. The van der Waals surface area contributed by atoms with E-state index in [9.17, 15) is 22.4 Å². The molecule has 2 rings (SSSR count). The van der Waals surface area contributed by atoms with Crippen LogP contribution >= 0.6 is 0 Å². The van der Waals surface area contributed by atoms with Crippen molar-refractivity contribution >= 4 is 5.78 Å². The molecule has 0 saturated carbocycles. The van der Waals surface area contributed by atoms with Gasteiger partial charge in [0.2, 0.25) is 0 Å². The number of halogens is 4. The van der Waals surface area contributed by atoms with Crippen LogP contribution in [0.15, 0.2) is 36.4 Å². The zero-order valence-electron chi connectivity index (χ0n) is 12.8. The van der Waals surface area contributed by atoms with E-state index in [1.165, 1.54) is 0 Å². The predicted octanol–water partition coefficient (Wildman–Crippen LogP) is 5.20. The minimum Gasteiger partial charge on any atom is -0.288 e. The van der Waals surface area contributed by atoms with Gasteiger partial charge in [0.1, 0.15) is 5.82 Å². The standard InChI is InChI=1S/C18H16F4O/c1-3-11-6-5-7-14(13(11)4-2)17(23)15-9-8-12(10-16(15)19)18(20,21)22/h5-10H,3-4H2,1-2H3. The van der Waals surface area contributed by atoms with Crippen LogP contribution in [0.2, 0.25) is 0 Å². The van der Waals surface area contributed by atoms with Crippen molar-refractivity contribution in [2.45, 2.75) is 32.9 Å². The van der Waals surface area contributed by atoms with Crippen LogP contribution in [0.1, 0.15) is 46.5 Å². The first kappa shape index (κ1) is 17.2. The molecule has 0 aliphatic rings. The van der Waals surface area contributed by atoms with Gasteiger partial charge in [0.15, 0.2) is 5.78 Å². The molecule has 23 heavy (non-hydrogen) atoms. The van der Waals surface area contributed by atoms with Gasteiger partial charge in [0.25, 0.3) is 0 Å². The van der Waals surface area contributed by atoms with Crippen molar-refractivity contribution in [1.29, 1.82) is 0 Å². The summed E-state index contributed by atoms with van der Waals surface area (Å²) in [4.78, 5) is 12.6. The van der Waals surface area contributed by atoms with E-state index in [2.05, 4.69) is 0 Å². The highest BCUT2D eigenvalue weighted by atomic mass is 19.4. The molecule has 0 amide bonds. The monoisotopic (exact) mass is 324 g/mol. The maximum absolute atomic E-state index is 14.0. The molecule has 1 nitrogen and oxygen atoms in total. The Balaban J connectivity index is 2.50. The summed E-state index contributed by atoms with van der Waals surface area (Å²) in [7, 11) is 0. The molecule has 0 unspecified atom stereocenters. The van der Waals surface area contributed by atoms with E-state index < -0.39 is 23.3 Å². The minimum absolute atomic E-state index is 0.338. The lowest BCUT2D eigenvalue weighted by Crippen LogP contribution is -2.11. The maximum atomic E-state index is 14.0. The molecule has 0 saturated heterocycles. The van der Waals surface area contributed by atoms with Gasteiger partial charge in [-0.25, -0.2) is 4.39 Å². The van der Waals surface area contributed by atoms with Crippen molar-refractivity contribution in [2.75, 3.05) is 0 Å². The molecule has 0 spiro atoms. The molecule has 0 aromatic heterocycles. The highest BCUT2D eigenvalue weighted by Gasteiger charge is 2.32. The summed E-state index contributed by atoms with van der Waals surface area (Å²) >= 11 is 0. The minimum atomic E-state index is -4.64. The number of alkyl halides is 3. The molecule has 0 atom stereocenters. The molecule has 2 aromatic carbocycles. The maximum Gasteiger partial charge on any atom is 0.416 e. The Kier molecular flexibility index (Phi) is 4.88. The topological polar surface area (TPSA) is 17.1 Å². The van der Waals surface area contributed by atoms with Gasteiger partial charge >= 0.3 is 6.18 Å². The fourth-order valence-electron chi connectivity index (χ4n) is 2.62. The van der Waals surface area contributed by atoms with Gasteiger partial charge in [0, 0.05) is 5.56 Å². The van der Waals surface area contributed by atoms with E-state index >= 15 is 0 Å². The van der Waals surface area contributed by atoms with Crippen molar-refractivity contribution in [3.63, 3.8) is 0 Å². The van der Waals surface area contributed by atoms with E-state index in [4.69, 9.17) is 0 Å². The van der Waals surface area contributed by atoms with Gasteiger partial charge in [-0.1, -0.05) is 32.0 Å². The average molecular weight is 324 g/mol. The van der Waals surface area contributed by atoms with Crippen molar-refractivity contribution in [3.05, 3.63) is 70.0 Å². The number of hydrogen-bond donors (Lipinski definition) is 0. The normalized spacial score (nSPS) is 11.6. The first-order valence-corrected chi connectivity index (χ1v) is 7.31. The predicted molar refractivity (Wildman–Crippen MR) is 80.0 cm³/mol. The van der Waals surface area contributed by atoms with Crippen molar-refractivity contribution < 1.29 is 22.4 Å². The molecule has 0 aliphatic heterocycles. The number of carbonyl (C=O) groups is 1. The van der Waals surface area contributed by atoms with Crippen LogP contribution in [0.3, 0.4) is 0 Å². The number of benzene rings is 2. The largest absolute Gasteiger partial charge is 0.416 e. The van der Waals surface area contributed by atoms with Crippen molar-refractivity contribution in [2.24, 2.45) is 0 Å². The van der Waals surface area contributed by atoms with Crippen LogP contribution in [0.5, 0.6) is 0 Å². The molecule has 122 valence electrons. The first-order valence-electron chi connectivity index (χ1n) is 7.31. The molecular formula is C18H16F4O. The quantitative estimate of drug-likeness (QED) is 0.558. The lowest BCUT2D eigenvalue weighted by atomic mass is 9.91. The summed E-state index contributed by atoms with van der Waals surface area (Å²) in [5.41, 5.74) is 0.668. The molecule has 5 heteroatoms. The Morgan fingerprint density at radius 3 is 2.22 bits per heavy atom. The van der Waals surface area contributed by atoms with Gasteiger partial charge in [-0.15, -0.1) is 0 Å². The zero-order valence-corrected chi connectivity index (χ0v) is 12.8. The number of carbonyl (C=O) groups excluding carboxylic acids is 1. The summed E-state index contributed by atoms with van der Waals surface area (Å²) in [6.07, 6.45) is -3.33. The third-order valence-electron chi connectivity index (χ3n) is 3.79. The number of ketones is 1. The summed E-state index contributed by atoms with van der Waals surface area (Å²) in [6.45, 7) is 3.83. The van der Waals surface area contributed by atoms with Gasteiger partial charge in [0.05, 0.1) is 11.1 Å². The second-order valence-electron chi connectivity index (χ2n) is 5.17.